The summed E-state index contributed by atoms with van der Waals surface area (Å²) in [6, 6.07) is 28.3. The highest BCUT2D eigenvalue weighted by Gasteiger charge is 2.35. The molecule has 0 aliphatic carbocycles. The van der Waals surface area contributed by atoms with E-state index >= 15 is 0 Å². The van der Waals surface area contributed by atoms with Crippen LogP contribution in [0.25, 0.3) is 11.1 Å². The lowest BCUT2D eigenvalue weighted by molar-refractivity contribution is -0.150. The Balaban J connectivity index is 1.89. The Morgan fingerprint density at radius 1 is 0.906 bits per heavy atom. The minimum atomic E-state index is -1.36. The molecule has 1 unspecified atom stereocenters. The first-order chi connectivity index (χ1) is 15.4. The van der Waals surface area contributed by atoms with Gasteiger partial charge >= 0.3 is 5.97 Å². The van der Waals surface area contributed by atoms with Gasteiger partial charge in [0.15, 0.2) is 0 Å². The zero-order chi connectivity index (χ0) is 23.0. The zero-order valence-corrected chi connectivity index (χ0v) is 19.2. The number of nitrogens with zero attached hydrogens (tertiary/aromatic N) is 1. The summed E-state index contributed by atoms with van der Waals surface area (Å²) >= 11 is 0. The third-order valence-electron chi connectivity index (χ3n) is 5.69. The zero-order valence-electron chi connectivity index (χ0n) is 19.2. The number of hydrogen-bond acceptors (Lipinski definition) is 4. The van der Waals surface area contributed by atoms with E-state index in [1.165, 1.54) is 5.56 Å². The maximum absolute atomic E-state index is 12.4. The van der Waals surface area contributed by atoms with Gasteiger partial charge in [0.2, 0.25) is 0 Å². The molecular formula is C28H33NO3. The van der Waals surface area contributed by atoms with E-state index in [4.69, 9.17) is 4.74 Å². The van der Waals surface area contributed by atoms with E-state index in [0.29, 0.717) is 25.3 Å². The third-order valence-corrected chi connectivity index (χ3v) is 5.69. The smallest absolute Gasteiger partial charge is 0.309 e. The molecule has 3 rings (SSSR count). The molecule has 0 aliphatic rings. The van der Waals surface area contributed by atoms with Gasteiger partial charge < -0.3 is 9.84 Å². The fourth-order valence-corrected chi connectivity index (χ4v) is 3.88. The lowest BCUT2D eigenvalue weighted by Crippen LogP contribution is -2.45. The van der Waals surface area contributed by atoms with Gasteiger partial charge in [0.1, 0.15) is 5.60 Å². The summed E-state index contributed by atoms with van der Waals surface area (Å²) in [5.41, 5.74) is 2.70. The highest BCUT2D eigenvalue weighted by molar-refractivity contribution is 5.71. The molecule has 4 nitrogen and oxygen atoms in total. The van der Waals surface area contributed by atoms with Gasteiger partial charge in [-0.05, 0) is 43.0 Å². The van der Waals surface area contributed by atoms with Crippen molar-refractivity contribution in [2.75, 3.05) is 13.2 Å². The molecule has 168 valence electrons. The monoisotopic (exact) mass is 431 g/mol. The molecule has 0 bridgehead atoms. The molecule has 0 radical (unpaired) electrons. The van der Waals surface area contributed by atoms with E-state index in [9.17, 15) is 9.90 Å². The molecule has 1 atom stereocenters. The van der Waals surface area contributed by atoms with E-state index < -0.39 is 11.6 Å². The Kier molecular flexibility index (Phi) is 8.20. The maximum Gasteiger partial charge on any atom is 0.309 e. The normalized spacial score (nSPS) is 13.2. The van der Waals surface area contributed by atoms with Crippen LogP contribution in [0.4, 0.5) is 0 Å². The van der Waals surface area contributed by atoms with Gasteiger partial charge in [-0.15, -0.1) is 0 Å². The minimum Gasteiger partial charge on any atom is -0.466 e. The SMILES string of the molecule is CCOC(=O)CC(O)(CN(Cc1ccccc1)C(C)C)c1ccc(-c2ccccc2)cc1. The summed E-state index contributed by atoms with van der Waals surface area (Å²) in [6.07, 6.45) is -0.0937. The van der Waals surface area contributed by atoms with Crippen molar-refractivity contribution in [1.82, 2.24) is 4.90 Å². The topological polar surface area (TPSA) is 49.8 Å². The van der Waals surface area contributed by atoms with E-state index in [2.05, 4.69) is 43.0 Å². The van der Waals surface area contributed by atoms with Crippen molar-refractivity contribution >= 4 is 5.97 Å². The van der Waals surface area contributed by atoms with Crippen molar-refractivity contribution in [2.24, 2.45) is 0 Å². The Hall–Kier alpha value is -2.95. The van der Waals surface area contributed by atoms with Crippen LogP contribution in [0, 0.1) is 0 Å². The van der Waals surface area contributed by atoms with Gasteiger partial charge in [-0.1, -0.05) is 84.9 Å². The van der Waals surface area contributed by atoms with Crippen LogP contribution in [0.3, 0.4) is 0 Å². The lowest BCUT2D eigenvalue weighted by Gasteiger charge is -2.36. The van der Waals surface area contributed by atoms with Gasteiger partial charge in [-0.25, -0.2) is 0 Å². The van der Waals surface area contributed by atoms with Crippen LogP contribution in [0.2, 0.25) is 0 Å². The molecule has 32 heavy (non-hydrogen) atoms. The number of carbonyl (C=O) groups is 1. The summed E-state index contributed by atoms with van der Waals surface area (Å²) in [5.74, 6) is -0.398. The van der Waals surface area contributed by atoms with Gasteiger partial charge in [0.25, 0.3) is 0 Å². The summed E-state index contributed by atoms with van der Waals surface area (Å²) in [6.45, 7) is 7.29. The van der Waals surface area contributed by atoms with Crippen LogP contribution in [0.5, 0.6) is 0 Å². The van der Waals surface area contributed by atoms with Crippen molar-refractivity contribution in [3.8, 4) is 11.1 Å². The predicted molar refractivity (Wildman–Crippen MR) is 129 cm³/mol. The Morgan fingerprint density at radius 3 is 2.03 bits per heavy atom. The number of ether oxygens (including phenoxy) is 1. The number of esters is 1. The molecule has 0 saturated heterocycles. The average molecular weight is 432 g/mol. The molecule has 0 fully saturated rings. The first-order valence-electron chi connectivity index (χ1n) is 11.2. The maximum atomic E-state index is 12.4. The van der Waals surface area contributed by atoms with Gasteiger partial charge in [0.05, 0.1) is 13.0 Å². The molecule has 0 heterocycles. The second kappa shape index (κ2) is 11.1. The van der Waals surface area contributed by atoms with Crippen molar-refractivity contribution in [3.05, 3.63) is 96.1 Å². The van der Waals surface area contributed by atoms with Crippen molar-refractivity contribution in [2.45, 2.75) is 45.4 Å². The molecule has 0 amide bonds. The molecule has 0 aromatic heterocycles. The highest BCUT2D eigenvalue weighted by atomic mass is 16.5. The molecule has 0 aliphatic heterocycles. The quantitative estimate of drug-likeness (QED) is 0.436. The molecule has 0 saturated carbocycles. The van der Waals surface area contributed by atoms with Crippen molar-refractivity contribution < 1.29 is 14.6 Å². The highest BCUT2D eigenvalue weighted by Crippen LogP contribution is 2.31. The first-order valence-corrected chi connectivity index (χ1v) is 11.2. The molecule has 4 heteroatoms. The van der Waals surface area contributed by atoms with Crippen molar-refractivity contribution in [1.29, 1.82) is 0 Å². The minimum absolute atomic E-state index is 0.0937. The van der Waals surface area contributed by atoms with Crippen LogP contribution in [0.1, 0.15) is 38.3 Å². The number of rotatable bonds is 10. The first kappa shape index (κ1) is 23.7. The molecule has 3 aromatic carbocycles. The summed E-state index contributed by atoms with van der Waals surface area (Å²) in [4.78, 5) is 14.6. The van der Waals surface area contributed by atoms with Crippen LogP contribution in [-0.4, -0.2) is 35.2 Å². The molecule has 1 N–H and O–H groups in total. The third kappa shape index (κ3) is 6.28. The van der Waals surface area contributed by atoms with E-state index in [1.807, 2.05) is 60.7 Å². The van der Waals surface area contributed by atoms with Crippen molar-refractivity contribution in [3.63, 3.8) is 0 Å². The van der Waals surface area contributed by atoms with Gasteiger partial charge in [-0.3, -0.25) is 9.69 Å². The predicted octanol–water partition coefficient (Wildman–Crippen LogP) is 5.41. The summed E-state index contributed by atoms with van der Waals surface area (Å²) in [7, 11) is 0. The fourth-order valence-electron chi connectivity index (χ4n) is 3.88. The number of benzene rings is 3. The summed E-state index contributed by atoms with van der Waals surface area (Å²) in [5, 5.41) is 11.8. The van der Waals surface area contributed by atoms with E-state index in [-0.39, 0.29) is 12.5 Å². The Morgan fingerprint density at radius 2 is 1.47 bits per heavy atom. The van der Waals surface area contributed by atoms with E-state index in [1.54, 1.807) is 6.92 Å². The summed E-state index contributed by atoms with van der Waals surface area (Å²) < 4.78 is 5.19. The largest absolute Gasteiger partial charge is 0.466 e. The molecule has 3 aromatic rings. The number of aliphatic hydroxyl groups is 1. The van der Waals surface area contributed by atoms with Crippen LogP contribution in [-0.2, 0) is 21.7 Å². The second-order valence-corrected chi connectivity index (χ2v) is 8.44. The molecular weight excluding hydrogens is 398 g/mol. The Labute approximate surface area is 191 Å². The van der Waals surface area contributed by atoms with Crippen LogP contribution in [0.15, 0.2) is 84.9 Å². The standard InChI is InChI=1S/C28H33NO3/c1-4-32-27(30)19-28(31,21-29(22(2)3)20-23-11-7-5-8-12-23)26-17-15-25(16-18-26)24-13-9-6-10-14-24/h5-18,22,31H,4,19-21H2,1-3H3. The molecule has 0 spiro atoms. The van der Waals surface area contributed by atoms with Crippen LogP contribution >= 0.6 is 0 Å². The Bertz CT molecular complexity index is 971. The second-order valence-electron chi connectivity index (χ2n) is 8.44. The lowest BCUT2D eigenvalue weighted by atomic mass is 9.88. The van der Waals surface area contributed by atoms with E-state index in [0.717, 1.165) is 11.1 Å². The van der Waals surface area contributed by atoms with Crippen LogP contribution < -0.4 is 0 Å². The number of carbonyl (C=O) groups excluding carboxylic acids is 1. The van der Waals surface area contributed by atoms with Gasteiger partial charge in [-0.2, -0.15) is 0 Å². The average Bonchev–Trinajstić information content (AvgIpc) is 2.80. The fraction of sp³-hybridized carbons (Fsp3) is 0.321. The van der Waals surface area contributed by atoms with Gasteiger partial charge in [0, 0.05) is 19.1 Å². The number of hydrogen-bond donors (Lipinski definition) is 1.